The van der Waals surface area contributed by atoms with Gasteiger partial charge in [-0.15, -0.1) is 12.4 Å². The number of hydrogen-bond acceptors (Lipinski definition) is 1. The number of benzene rings is 1. The van der Waals surface area contributed by atoms with Gasteiger partial charge in [0.15, 0.2) is 0 Å². The summed E-state index contributed by atoms with van der Waals surface area (Å²) in [5, 5.41) is 0. The minimum Gasteiger partial charge on any atom is -0.324 e. The fourth-order valence-electron chi connectivity index (χ4n) is 1.62. The summed E-state index contributed by atoms with van der Waals surface area (Å²) in [5.74, 6) is 0.574. The average molecular weight is 216 g/mol. The zero-order valence-electron chi connectivity index (χ0n) is 7.95. The maximum Gasteiger partial charge on any atom is 0.127 e. The van der Waals surface area contributed by atoms with Crippen molar-refractivity contribution in [2.75, 3.05) is 0 Å². The molecule has 0 bridgehead atoms. The van der Waals surface area contributed by atoms with Crippen LogP contribution >= 0.6 is 12.4 Å². The minimum atomic E-state index is -0.171. The number of rotatable bonds is 3. The number of halogens is 2. The van der Waals surface area contributed by atoms with Crippen molar-refractivity contribution in [3.05, 3.63) is 35.6 Å². The molecule has 1 aromatic rings. The summed E-state index contributed by atoms with van der Waals surface area (Å²) in [7, 11) is 0. The van der Waals surface area contributed by atoms with Crippen LogP contribution in [0.2, 0.25) is 0 Å². The quantitative estimate of drug-likeness (QED) is 0.824. The van der Waals surface area contributed by atoms with Crippen molar-refractivity contribution in [1.82, 2.24) is 0 Å². The molecule has 0 spiro atoms. The highest BCUT2D eigenvalue weighted by Gasteiger charge is 2.25. The topological polar surface area (TPSA) is 26.0 Å². The van der Waals surface area contributed by atoms with Gasteiger partial charge in [0, 0.05) is 11.6 Å². The lowest BCUT2D eigenvalue weighted by Crippen LogP contribution is -2.12. The Bertz CT molecular complexity index is 299. The second kappa shape index (κ2) is 4.76. The van der Waals surface area contributed by atoms with Crippen LogP contribution in [0.4, 0.5) is 4.39 Å². The Balaban J connectivity index is 0.000000980. The van der Waals surface area contributed by atoms with E-state index >= 15 is 0 Å². The summed E-state index contributed by atoms with van der Waals surface area (Å²) in [6, 6.07) is 6.67. The lowest BCUT2D eigenvalue weighted by Gasteiger charge is -2.11. The molecule has 0 saturated heterocycles. The SMILES string of the molecule is Cl.NC(CC1CC1)c1ccccc1F. The Morgan fingerprint density at radius 1 is 1.36 bits per heavy atom. The first kappa shape index (κ1) is 11.5. The van der Waals surface area contributed by atoms with Crippen molar-refractivity contribution in [3.8, 4) is 0 Å². The first-order valence-corrected chi connectivity index (χ1v) is 4.77. The molecule has 0 radical (unpaired) electrons. The molecule has 1 atom stereocenters. The summed E-state index contributed by atoms with van der Waals surface area (Å²) in [5.41, 5.74) is 6.56. The second-order valence-corrected chi connectivity index (χ2v) is 3.81. The molecule has 14 heavy (non-hydrogen) atoms. The van der Waals surface area contributed by atoms with Crippen LogP contribution in [0.3, 0.4) is 0 Å². The molecule has 1 fully saturated rings. The molecule has 3 heteroatoms. The van der Waals surface area contributed by atoms with Crippen molar-refractivity contribution in [2.45, 2.75) is 25.3 Å². The minimum absolute atomic E-state index is 0. The van der Waals surface area contributed by atoms with Crippen LogP contribution in [0.15, 0.2) is 24.3 Å². The van der Waals surface area contributed by atoms with E-state index in [4.69, 9.17) is 5.73 Å². The molecule has 0 aromatic heterocycles. The standard InChI is InChI=1S/C11H14FN.ClH/c12-10-4-2-1-3-9(10)11(13)7-8-5-6-8;/h1-4,8,11H,5-7,13H2;1H. The Kier molecular flexibility index (Phi) is 3.90. The van der Waals surface area contributed by atoms with Crippen LogP contribution in [0, 0.1) is 11.7 Å². The molecule has 1 saturated carbocycles. The molecular weight excluding hydrogens is 201 g/mol. The van der Waals surface area contributed by atoms with E-state index in [1.807, 2.05) is 6.07 Å². The summed E-state index contributed by atoms with van der Waals surface area (Å²) < 4.78 is 13.2. The largest absolute Gasteiger partial charge is 0.324 e. The van der Waals surface area contributed by atoms with Crippen LogP contribution in [0.25, 0.3) is 0 Å². The van der Waals surface area contributed by atoms with Crippen LogP contribution in [-0.2, 0) is 0 Å². The van der Waals surface area contributed by atoms with Gasteiger partial charge < -0.3 is 5.73 Å². The van der Waals surface area contributed by atoms with Gasteiger partial charge in [0.1, 0.15) is 5.82 Å². The monoisotopic (exact) mass is 215 g/mol. The van der Waals surface area contributed by atoms with Crippen molar-refractivity contribution >= 4 is 12.4 Å². The fourth-order valence-corrected chi connectivity index (χ4v) is 1.62. The van der Waals surface area contributed by atoms with E-state index in [0.29, 0.717) is 5.56 Å². The first-order chi connectivity index (χ1) is 6.27. The second-order valence-electron chi connectivity index (χ2n) is 3.81. The van der Waals surface area contributed by atoms with Crippen molar-refractivity contribution < 1.29 is 4.39 Å². The number of nitrogens with two attached hydrogens (primary N) is 1. The van der Waals surface area contributed by atoms with Crippen molar-refractivity contribution in [1.29, 1.82) is 0 Å². The van der Waals surface area contributed by atoms with E-state index < -0.39 is 0 Å². The Morgan fingerprint density at radius 3 is 2.57 bits per heavy atom. The third kappa shape index (κ3) is 2.69. The molecule has 1 aliphatic carbocycles. The van der Waals surface area contributed by atoms with Gasteiger partial charge in [-0.25, -0.2) is 4.39 Å². The van der Waals surface area contributed by atoms with Crippen LogP contribution in [0.5, 0.6) is 0 Å². The Hall–Kier alpha value is -0.600. The molecule has 1 aliphatic rings. The molecule has 78 valence electrons. The molecule has 2 N–H and O–H groups in total. The van der Waals surface area contributed by atoms with Gasteiger partial charge in [-0.3, -0.25) is 0 Å². The third-order valence-electron chi connectivity index (χ3n) is 2.59. The maximum atomic E-state index is 13.2. The summed E-state index contributed by atoms with van der Waals surface area (Å²) >= 11 is 0. The van der Waals surface area contributed by atoms with E-state index in [0.717, 1.165) is 12.3 Å². The van der Waals surface area contributed by atoms with Gasteiger partial charge in [-0.05, 0) is 18.4 Å². The summed E-state index contributed by atoms with van der Waals surface area (Å²) in [6.45, 7) is 0. The van der Waals surface area contributed by atoms with E-state index in [1.54, 1.807) is 12.1 Å². The van der Waals surface area contributed by atoms with E-state index in [1.165, 1.54) is 18.9 Å². The molecule has 2 rings (SSSR count). The lowest BCUT2D eigenvalue weighted by atomic mass is 10.0. The van der Waals surface area contributed by atoms with Gasteiger partial charge in [-0.2, -0.15) is 0 Å². The maximum absolute atomic E-state index is 13.2. The zero-order valence-corrected chi connectivity index (χ0v) is 8.77. The molecule has 0 heterocycles. The average Bonchev–Trinajstić information content (AvgIpc) is 2.89. The third-order valence-corrected chi connectivity index (χ3v) is 2.59. The predicted molar refractivity (Wildman–Crippen MR) is 57.9 cm³/mol. The van der Waals surface area contributed by atoms with Crippen molar-refractivity contribution in [2.24, 2.45) is 11.7 Å². The highest BCUT2D eigenvalue weighted by Crippen LogP contribution is 2.37. The van der Waals surface area contributed by atoms with E-state index in [2.05, 4.69) is 0 Å². The van der Waals surface area contributed by atoms with E-state index in [9.17, 15) is 4.39 Å². The van der Waals surface area contributed by atoms with Crippen LogP contribution < -0.4 is 5.73 Å². The zero-order chi connectivity index (χ0) is 9.26. The first-order valence-electron chi connectivity index (χ1n) is 4.77. The predicted octanol–water partition coefficient (Wildman–Crippen LogP) is 3.05. The Morgan fingerprint density at radius 2 is 2.00 bits per heavy atom. The molecule has 1 unspecified atom stereocenters. The van der Waals surface area contributed by atoms with E-state index in [-0.39, 0.29) is 24.3 Å². The normalized spacial score (nSPS) is 17.3. The number of hydrogen-bond donors (Lipinski definition) is 1. The Labute approximate surface area is 89.9 Å². The van der Waals surface area contributed by atoms with Crippen molar-refractivity contribution in [3.63, 3.8) is 0 Å². The van der Waals surface area contributed by atoms with Gasteiger partial charge in [0.2, 0.25) is 0 Å². The van der Waals surface area contributed by atoms with Gasteiger partial charge >= 0.3 is 0 Å². The van der Waals surface area contributed by atoms with Gasteiger partial charge in [-0.1, -0.05) is 31.0 Å². The summed E-state index contributed by atoms with van der Waals surface area (Å²) in [4.78, 5) is 0. The molecule has 0 aliphatic heterocycles. The molecular formula is C11H15ClFN. The van der Waals surface area contributed by atoms with Gasteiger partial charge in [0.25, 0.3) is 0 Å². The smallest absolute Gasteiger partial charge is 0.127 e. The highest BCUT2D eigenvalue weighted by molar-refractivity contribution is 5.85. The van der Waals surface area contributed by atoms with Crippen LogP contribution in [0.1, 0.15) is 30.9 Å². The molecule has 1 nitrogen and oxygen atoms in total. The van der Waals surface area contributed by atoms with Gasteiger partial charge in [0.05, 0.1) is 0 Å². The highest BCUT2D eigenvalue weighted by atomic mass is 35.5. The van der Waals surface area contributed by atoms with Crippen LogP contribution in [-0.4, -0.2) is 0 Å². The fraction of sp³-hybridized carbons (Fsp3) is 0.455. The molecule has 1 aromatic carbocycles. The summed E-state index contributed by atoms with van der Waals surface area (Å²) in [6.07, 6.45) is 3.46. The molecule has 0 amide bonds. The lowest BCUT2D eigenvalue weighted by molar-refractivity contribution is 0.543.